The number of hydrogen-bond donors (Lipinski definition) is 1. The van der Waals surface area contributed by atoms with E-state index in [0.717, 1.165) is 24.9 Å². The number of aryl methyl sites for hydroxylation is 2. The molecule has 2 aromatic heterocycles. The second-order valence-electron chi connectivity index (χ2n) is 5.48. The quantitative estimate of drug-likeness (QED) is 0.932. The van der Waals surface area contributed by atoms with Crippen molar-refractivity contribution in [3.05, 3.63) is 35.5 Å². The zero-order valence-corrected chi connectivity index (χ0v) is 12.8. The van der Waals surface area contributed by atoms with E-state index in [1.165, 1.54) is 0 Å². The zero-order valence-electron chi connectivity index (χ0n) is 12.8. The maximum absolute atomic E-state index is 12.2. The Balaban J connectivity index is 1.73. The highest BCUT2D eigenvalue weighted by atomic mass is 16.5. The van der Waals surface area contributed by atoms with Crippen LogP contribution >= 0.6 is 0 Å². The molecule has 0 unspecified atom stereocenters. The second kappa shape index (κ2) is 6.31. The van der Waals surface area contributed by atoms with Crippen LogP contribution in [-0.4, -0.2) is 33.5 Å². The van der Waals surface area contributed by atoms with Gasteiger partial charge in [0.15, 0.2) is 0 Å². The second-order valence-corrected chi connectivity index (χ2v) is 5.48. The van der Waals surface area contributed by atoms with Gasteiger partial charge in [0.1, 0.15) is 6.10 Å². The van der Waals surface area contributed by atoms with E-state index < -0.39 is 0 Å². The molecule has 1 aliphatic heterocycles. The third-order valence-corrected chi connectivity index (χ3v) is 3.80. The van der Waals surface area contributed by atoms with Crippen molar-refractivity contribution in [2.45, 2.75) is 45.4 Å². The Bertz CT molecular complexity index is 649. The van der Waals surface area contributed by atoms with E-state index in [2.05, 4.69) is 15.6 Å². The van der Waals surface area contributed by atoms with E-state index in [1.54, 1.807) is 19.2 Å². The van der Waals surface area contributed by atoms with Crippen LogP contribution in [0.1, 0.15) is 47.7 Å². The average molecular weight is 304 g/mol. The molecule has 22 heavy (non-hydrogen) atoms. The van der Waals surface area contributed by atoms with Gasteiger partial charge in [0.05, 0.1) is 17.9 Å². The number of carbonyl (C=O) groups is 1. The fourth-order valence-corrected chi connectivity index (χ4v) is 2.67. The monoisotopic (exact) mass is 304 g/mol. The molecule has 7 heteroatoms. The van der Waals surface area contributed by atoms with E-state index in [-0.39, 0.29) is 23.8 Å². The van der Waals surface area contributed by atoms with E-state index in [9.17, 15) is 4.79 Å². The first kappa shape index (κ1) is 14.8. The largest absolute Gasteiger partial charge is 0.371 e. The van der Waals surface area contributed by atoms with Crippen molar-refractivity contribution in [3.8, 4) is 0 Å². The van der Waals surface area contributed by atoms with Crippen molar-refractivity contribution in [2.24, 2.45) is 0 Å². The predicted molar refractivity (Wildman–Crippen MR) is 78.3 cm³/mol. The number of rotatable bonds is 4. The Morgan fingerprint density at radius 3 is 3.09 bits per heavy atom. The van der Waals surface area contributed by atoms with Gasteiger partial charge in [-0.25, -0.2) is 0 Å². The number of amides is 1. The summed E-state index contributed by atoms with van der Waals surface area (Å²) >= 11 is 0. The molecule has 1 aliphatic rings. The average Bonchev–Trinajstić information content (AvgIpc) is 3.16. The summed E-state index contributed by atoms with van der Waals surface area (Å²) in [5, 5.41) is 11.0. The third kappa shape index (κ3) is 3.04. The SMILES string of the molecule is CCn1cc([C@H]2OCCC[C@@H]2NC(=O)c2cc(C)no2)cn1. The molecular weight excluding hydrogens is 284 g/mol. The molecule has 0 bridgehead atoms. The number of aromatic nitrogens is 3. The van der Waals surface area contributed by atoms with Gasteiger partial charge in [-0.05, 0) is 26.7 Å². The highest BCUT2D eigenvalue weighted by molar-refractivity contribution is 5.91. The summed E-state index contributed by atoms with van der Waals surface area (Å²) in [7, 11) is 0. The van der Waals surface area contributed by atoms with Gasteiger partial charge in [0, 0.05) is 31.0 Å². The standard InChI is InChI=1S/C15H20N4O3/c1-3-19-9-11(8-16-19)14-12(5-4-6-21-14)17-15(20)13-7-10(2)18-22-13/h7-9,12,14H,3-6H2,1-2H3,(H,17,20)/t12-,14+/m0/s1. The van der Waals surface area contributed by atoms with Crippen molar-refractivity contribution >= 4 is 5.91 Å². The summed E-state index contributed by atoms with van der Waals surface area (Å²) in [5.74, 6) is -0.0324. The zero-order chi connectivity index (χ0) is 15.5. The van der Waals surface area contributed by atoms with E-state index in [1.807, 2.05) is 17.8 Å². The molecule has 0 aliphatic carbocycles. The minimum Gasteiger partial charge on any atom is -0.371 e. The Morgan fingerprint density at radius 2 is 2.41 bits per heavy atom. The van der Waals surface area contributed by atoms with Crippen LogP contribution in [-0.2, 0) is 11.3 Å². The minimum atomic E-state index is -0.260. The molecule has 1 fully saturated rings. The van der Waals surface area contributed by atoms with Crippen LogP contribution in [0.2, 0.25) is 0 Å². The smallest absolute Gasteiger partial charge is 0.290 e. The molecule has 2 aromatic rings. The first-order valence-electron chi connectivity index (χ1n) is 7.55. The van der Waals surface area contributed by atoms with Gasteiger partial charge >= 0.3 is 0 Å². The van der Waals surface area contributed by atoms with Crippen LogP contribution in [0.15, 0.2) is 23.0 Å². The first-order chi connectivity index (χ1) is 10.7. The molecule has 3 heterocycles. The van der Waals surface area contributed by atoms with E-state index in [0.29, 0.717) is 12.3 Å². The summed E-state index contributed by atoms with van der Waals surface area (Å²) in [5.41, 5.74) is 1.67. The fourth-order valence-electron chi connectivity index (χ4n) is 2.67. The molecule has 1 amide bonds. The number of nitrogens with one attached hydrogen (secondary N) is 1. The number of carbonyl (C=O) groups excluding carboxylic acids is 1. The highest BCUT2D eigenvalue weighted by Crippen LogP contribution is 2.28. The maximum atomic E-state index is 12.2. The first-order valence-corrected chi connectivity index (χ1v) is 7.55. The Kier molecular flexibility index (Phi) is 4.24. The van der Waals surface area contributed by atoms with E-state index in [4.69, 9.17) is 9.26 Å². The lowest BCUT2D eigenvalue weighted by atomic mass is 9.98. The van der Waals surface area contributed by atoms with Gasteiger partial charge < -0.3 is 14.6 Å². The van der Waals surface area contributed by atoms with Crippen molar-refractivity contribution < 1.29 is 14.1 Å². The normalized spacial score (nSPS) is 21.7. The summed E-state index contributed by atoms with van der Waals surface area (Å²) in [4.78, 5) is 12.2. The summed E-state index contributed by atoms with van der Waals surface area (Å²) in [6.07, 6.45) is 5.37. The Labute approximate surface area is 128 Å². The molecule has 3 rings (SSSR count). The predicted octanol–water partition coefficient (Wildman–Crippen LogP) is 1.85. The lowest BCUT2D eigenvalue weighted by molar-refractivity contribution is -0.00984. The highest BCUT2D eigenvalue weighted by Gasteiger charge is 2.30. The van der Waals surface area contributed by atoms with Gasteiger partial charge in [-0.1, -0.05) is 5.16 Å². The lowest BCUT2D eigenvalue weighted by Crippen LogP contribution is -2.42. The van der Waals surface area contributed by atoms with Crippen molar-refractivity contribution in [1.29, 1.82) is 0 Å². The van der Waals surface area contributed by atoms with Crippen LogP contribution in [0.5, 0.6) is 0 Å². The minimum absolute atomic E-state index is 0.0961. The van der Waals surface area contributed by atoms with Crippen LogP contribution < -0.4 is 5.32 Å². The topological polar surface area (TPSA) is 82.2 Å². The molecule has 118 valence electrons. The number of nitrogens with zero attached hydrogens (tertiary/aromatic N) is 3. The van der Waals surface area contributed by atoms with Crippen molar-refractivity contribution in [2.75, 3.05) is 6.61 Å². The van der Waals surface area contributed by atoms with E-state index >= 15 is 0 Å². The summed E-state index contributed by atoms with van der Waals surface area (Å²) < 4.78 is 12.7. The van der Waals surface area contributed by atoms with Gasteiger partial charge in [-0.2, -0.15) is 5.10 Å². The molecule has 1 N–H and O–H groups in total. The molecule has 2 atom stereocenters. The molecule has 0 saturated carbocycles. The van der Waals surface area contributed by atoms with Crippen LogP contribution in [0, 0.1) is 6.92 Å². The van der Waals surface area contributed by atoms with Crippen molar-refractivity contribution in [1.82, 2.24) is 20.3 Å². The van der Waals surface area contributed by atoms with Crippen LogP contribution in [0.25, 0.3) is 0 Å². The van der Waals surface area contributed by atoms with Gasteiger partial charge in [0.25, 0.3) is 5.91 Å². The summed E-state index contributed by atoms with van der Waals surface area (Å²) in [6, 6.07) is 1.53. The molecule has 0 aromatic carbocycles. The fraction of sp³-hybridized carbons (Fsp3) is 0.533. The third-order valence-electron chi connectivity index (χ3n) is 3.80. The van der Waals surface area contributed by atoms with Gasteiger partial charge in [-0.15, -0.1) is 0 Å². The number of ether oxygens (including phenoxy) is 1. The number of hydrogen-bond acceptors (Lipinski definition) is 5. The Morgan fingerprint density at radius 1 is 1.55 bits per heavy atom. The molecule has 1 saturated heterocycles. The van der Waals surface area contributed by atoms with Crippen LogP contribution in [0.4, 0.5) is 0 Å². The Hall–Kier alpha value is -2.15. The van der Waals surface area contributed by atoms with Gasteiger partial charge in [-0.3, -0.25) is 9.48 Å². The molecule has 0 spiro atoms. The van der Waals surface area contributed by atoms with Crippen molar-refractivity contribution in [3.63, 3.8) is 0 Å². The molecule has 0 radical (unpaired) electrons. The maximum Gasteiger partial charge on any atom is 0.290 e. The molecule has 7 nitrogen and oxygen atoms in total. The summed E-state index contributed by atoms with van der Waals surface area (Å²) in [6.45, 7) is 5.31. The molecular formula is C15H20N4O3. The van der Waals surface area contributed by atoms with Crippen LogP contribution in [0.3, 0.4) is 0 Å². The lowest BCUT2D eigenvalue weighted by Gasteiger charge is -2.31. The van der Waals surface area contributed by atoms with Gasteiger partial charge in [0.2, 0.25) is 5.76 Å².